The van der Waals surface area contributed by atoms with Crippen LogP contribution in [0.3, 0.4) is 0 Å². The van der Waals surface area contributed by atoms with Gasteiger partial charge in [0.1, 0.15) is 0 Å². The van der Waals surface area contributed by atoms with E-state index < -0.39 is 0 Å². The molecule has 0 heterocycles. The van der Waals surface area contributed by atoms with Crippen LogP contribution in [0.15, 0.2) is 42.5 Å². The molecule has 2 nitrogen and oxygen atoms in total. The Morgan fingerprint density at radius 1 is 1.19 bits per heavy atom. The van der Waals surface area contributed by atoms with Crippen molar-refractivity contribution in [2.75, 3.05) is 5.32 Å². The van der Waals surface area contributed by atoms with E-state index in [1.54, 1.807) is 6.07 Å². The maximum Gasteiger partial charge on any atom is 0.227 e. The molecule has 4 heteroatoms. The van der Waals surface area contributed by atoms with Gasteiger partial charge < -0.3 is 5.32 Å². The third-order valence-electron chi connectivity index (χ3n) is 3.91. The van der Waals surface area contributed by atoms with Crippen molar-refractivity contribution in [2.45, 2.75) is 19.3 Å². The minimum absolute atomic E-state index is 0.0476. The summed E-state index contributed by atoms with van der Waals surface area (Å²) in [4.78, 5) is 12.5. The lowest BCUT2D eigenvalue weighted by atomic mass is 9.83. The summed E-state index contributed by atoms with van der Waals surface area (Å²) in [6.07, 6.45) is 2.71. The summed E-state index contributed by atoms with van der Waals surface area (Å²) in [7, 11) is 0. The van der Waals surface area contributed by atoms with Crippen LogP contribution in [0.5, 0.6) is 0 Å². The quantitative estimate of drug-likeness (QED) is 0.714. The molecule has 0 aromatic heterocycles. The molecule has 108 valence electrons. The standard InChI is InChI=1S/C17H15ClINO/c18-14-7-8-16(15(19)10-14)20-17(21)13-6-5-11-3-1-2-4-12(11)9-13/h1-4,7-8,10,13H,5-6,9H2,(H,20,21). The summed E-state index contributed by atoms with van der Waals surface area (Å²) in [5, 5.41) is 3.72. The van der Waals surface area contributed by atoms with Crippen LogP contribution in [-0.2, 0) is 17.6 Å². The molecular formula is C17H15ClINO. The maximum absolute atomic E-state index is 12.5. The Morgan fingerprint density at radius 2 is 1.95 bits per heavy atom. The normalized spacial score (nSPS) is 17.1. The lowest BCUT2D eigenvalue weighted by Crippen LogP contribution is -2.28. The number of anilines is 1. The molecule has 21 heavy (non-hydrogen) atoms. The van der Waals surface area contributed by atoms with Crippen molar-refractivity contribution in [3.8, 4) is 0 Å². The number of amides is 1. The number of carbonyl (C=O) groups excluding carboxylic acids is 1. The second kappa shape index (κ2) is 6.36. The highest BCUT2D eigenvalue weighted by atomic mass is 127. The average molecular weight is 412 g/mol. The smallest absolute Gasteiger partial charge is 0.227 e. The molecule has 0 fully saturated rings. The highest BCUT2D eigenvalue weighted by Gasteiger charge is 2.24. The van der Waals surface area contributed by atoms with Crippen molar-refractivity contribution in [1.82, 2.24) is 0 Å². The van der Waals surface area contributed by atoms with Crippen LogP contribution in [0.4, 0.5) is 5.69 Å². The van der Waals surface area contributed by atoms with Gasteiger partial charge in [-0.05, 0) is 71.2 Å². The first-order valence-corrected chi connectivity index (χ1v) is 8.42. The predicted octanol–water partition coefficient (Wildman–Crippen LogP) is 4.69. The fourth-order valence-electron chi connectivity index (χ4n) is 2.75. The van der Waals surface area contributed by atoms with E-state index in [9.17, 15) is 4.79 Å². The van der Waals surface area contributed by atoms with Gasteiger partial charge in [0.2, 0.25) is 5.91 Å². The van der Waals surface area contributed by atoms with Crippen LogP contribution < -0.4 is 5.32 Å². The number of halogens is 2. The first kappa shape index (κ1) is 14.9. The SMILES string of the molecule is O=C(Nc1ccc(Cl)cc1I)C1CCc2ccccc2C1. The molecule has 0 radical (unpaired) electrons. The van der Waals surface area contributed by atoms with Gasteiger partial charge in [0.15, 0.2) is 0 Å². The topological polar surface area (TPSA) is 29.1 Å². The number of benzene rings is 2. The lowest BCUT2D eigenvalue weighted by Gasteiger charge is -2.24. The minimum Gasteiger partial charge on any atom is -0.325 e. The number of hydrogen-bond acceptors (Lipinski definition) is 1. The summed E-state index contributed by atoms with van der Waals surface area (Å²) >= 11 is 8.13. The van der Waals surface area contributed by atoms with Crippen molar-refractivity contribution in [2.24, 2.45) is 5.92 Å². The van der Waals surface area contributed by atoms with Gasteiger partial charge in [-0.2, -0.15) is 0 Å². The fourth-order valence-corrected chi connectivity index (χ4v) is 3.75. The van der Waals surface area contributed by atoms with Crippen LogP contribution in [0.2, 0.25) is 5.02 Å². The molecular weight excluding hydrogens is 397 g/mol. The molecule has 1 N–H and O–H groups in total. The summed E-state index contributed by atoms with van der Waals surface area (Å²) in [5.74, 6) is 0.149. The Morgan fingerprint density at radius 3 is 2.71 bits per heavy atom. The number of hydrogen-bond donors (Lipinski definition) is 1. The predicted molar refractivity (Wildman–Crippen MR) is 94.8 cm³/mol. The van der Waals surface area contributed by atoms with Crippen LogP contribution >= 0.6 is 34.2 Å². The van der Waals surface area contributed by atoms with E-state index in [1.165, 1.54) is 11.1 Å². The molecule has 1 aliphatic rings. The number of fused-ring (bicyclic) bond motifs is 1. The van der Waals surface area contributed by atoms with Crippen molar-refractivity contribution < 1.29 is 4.79 Å². The fraction of sp³-hybridized carbons (Fsp3) is 0.235. The van der Waals surface area contributed by atoms with Gasteiger partial charge in [-0.15, -0.1) is 0 Å². The Hall–Kier alpha value is -1.07. The number of nitrogens with one attached hydrogen (secondary N) is 1. The van der Waals surface area contributed by atoms with Crippen molar-refractivity contribution in [3.05, 3.63) is 62.2 Å². The summed E-state index contributed by atoms with van der Waals surface area (Å²) < 4.78 is 0.963. The summed E-state index contributed by atoms with van der Waals surface area (Å²) in [6, 6.07) is 13.9. The molecule has 1 aliphatic carbocycles. The molecule has 1 atom stereocenters. The molecule has 1 unspecified atom stereocenters. The van der Waals surface area contributed by atoms with E-state index in [0.717, 1.165) is 28.5 Å². The zero-order valence-corrected chi connectivity index (χ0v) is 14.3. The Kier molecular flexibility index (Phi) is 4.50. The first-order chi connectivity index (χ1) is 10.1. The average Bonchev–Trinajstić information content (AvgIpc) is 2.49. The minimum atomic E-state index is 0.0476. The molecule has 0 spiro atoms. The van der Waals surface area contributed by atoms with Gasteiger partial charge in [0.25, 0.3) is 0 Å². The van der Waals surface area contributed by atoms with Gasteiger partial charge >= 0.3 is 0 Å². The first-order valence-electron chi connectivity index (χ1n) is 6.96. The van der Waals surface area contributed by atoms with E-state index in [-0.39, 0.29) is 11.8 Å². The van der Waals surface area contributed by atoms with Crippen molar-refractivity contribution in [1.29, 1.82) is 0 Å². The molecule has 0 saturated heterocycles. The molecule has 2 aromatic rings. The zero-order valence-electron chi connectivity index (χ0n) is 11.4. The molecule has 0 saturated carbocycles. The summed E-state index contributed by atoms with van der Waals surface area (Å²) in [6.45, 7) is 0. The van der Waals surface area contributed by atoms with Gasteiger partial charge in [-0.3, -0.25) is 4.79 Å². The summed E-state index contributed by atoms with van der Waals surface area (Å²) in [5.41, 5.74) is 3.51. The third kappa shape index (κ3) is 3.40. The second-order valence-electron chi connectivity index (χ2n) is 5.32. The maximum atomic E-state index is 12.5. The van der Waals surface area contributed by atoms with Gasteiger partial charge in [0.05, 0.1) is 5.69 Å². The van der Waals surface area contributed by atoms with E-state index >= 15 is 0 Å². The number of carbonyl (C=O) groups is 1. The van der Waals surface area contributed by atoms with Gasteiger partial charge in [0, 0.05) is 14.5 Å². The van der Waals surface area contributed by atoms with E-state index in [0.29, 0.717) is 5.02 Å². The Balaban J connectivity index is 1.72. The highest BCUT2D eigenvalue weighted by molar-refractivity contribution is 14.1. The number of rotatable bonds is 2. The molecule has 1 amide bonds. The Bertz CT molecular complexity index is 686. The van der Waals surface area contributed by atoms with Crippen molar-refractivity contribution in [3.63, 3.8) is 0 Å². The van der Waals surface area contributed by atoms with E-state index in [2.05, 4.69) is 46.1 Å². The number of aryl methyl sites for hydroxylation is 1. The largest absolute Gasteiger partial charge is 0.325 e. The van der Waals surface area contributed by atoms with Gasteiger partial charge in [-0.1, -0.05) is 35.9 Å². The van der Waals surface area contributed by atoms with Crippen LogP contribution in [-0.4, -0.2) is 5.91 Å². The van der Waals surface area contributed by atoms with Crippen LogP contribution in [0.1, 0.15) is 17.5 Å². The molecule has 2 aromatic carbocycles. The highest BCUT2D eigenvalue weighted by Crippen LogP contribution is 2.28. The van der Waals surface area contributed by atoms with Crippen LogP contribution in [0.25, 0.3) is 0 Å². The second-order valence-corrected chi connectivity index (χ2v) is 6.92. The third-order valence-corrected chi connectivity index (χ3v) is 5.03. The van der Waals surface area contributed by atoms with Crippen LogP contribution in [0, 0.1) is 9.49 Å². The molecule has 0 aliphatic heterocycles. The van der Waals surface area contributed by atoms with Gasteiger partial charge in [-0.25, -0.2) is 0 Å². The van der Waals surface area contributed by atoms with E-state index in [1.807, 2.05) is 18.2 Å². The zero-order chi connectivity index (χ0) is 14.8. The lowest BCUT2D eigenvalue weighted by molar-refractivity contribution is -0.120. The monoisotopic (exact) mass is 411 g/mol. The van der Waals surface area contributed by atoms with E-state index in [4.69, 9.17) is 11.6 Å². The molecule has 3 rings (SSSR count). The Labute approximate surface area is 143 Å². The molecule has 0 bridgehead atoms. The van der Waals surface area contributed by atoms with Crippen molar-refractivity contribution >= 4 is 45.8 Å².